The fraction of sp³-hybridized carbons (Fsp3) is 0.375. The van der Waals surface area contributed by atoms with E-state index in [1.807, 2.05) is 30.3 Å². The van der Waals surface area contributed by atoms with Crippen molar-refractivity contribution in [3.8, 4) is 0 Å². The van der Waals surface area contributed by atoms with Crippen LogP contribution in [-0.4, -0.2) is 46.1 Å². The zero-order chi connectivity index (χ0) is 17.1. The minimum atomic E-state index is -0.966. The maximum absolute atomic E-state index is 12.1. The topological polar surface area (TPSA) is 86.8 Å². The highest BCUT2D eigenvalue weighted by molar-refractivity contribution is 6.45. The zero-order valence-electron chi connectivity index (χ0n) is 13.3. The lowest BCUT2D eigenvalue weighted by molar-refractivity contribution is -0.144. The molecule has 0 aromatic heterocycles. The molecule has 1 aliphatic heterocycles. The van der Waals surface area contributed by atoms with Crippen molar-refractivity contribution in [2.75, 3.05) is 6.54 Å². The average Bonchev–Trinajstić information content (AvgIpc) is 2.71. The maximum atomic E-state index is 12.1. The van der Waals surface area contributed by atoms with Gasteiger partial charge in [-0.1, -0.05) is 30.3 Å². The largest absolute Gasteiger partial charge is 0.348 e. The van der Waals surface area contributed by atoms with Crippen molar-refractivity contribution in [2.45, 2.75) is 32.9 Å². The van der Waals surface area contributed by atoms with Gasteiger partial charge in [-0.05, 0) is 26.3 Å². The zero-order valence-corrected chi connectivity index (χ0v) is 13.3. The Labute approximate surface area is 134 Å². The molecule has 0 spiro atoms. The number of carbonyl (C=O) groups is 4. The lowest BCUT2D eigenvalue weighted by Gasteiger charge is -2.19. The third kappa shape index (κ3) is 3.39. The second-order valence-corrected chi connectivity index (χ2v) is 5.64. The molecule has 1 atom stereocenters. The van der Waals surface area contributed by atoms with E-state index < -0.39 is 36.3 Å². The Morgan fingerprint density at radius 2 is 1.65 bits per heavy atom. The normalized spacial score (nSPS) is 16.3. The van der Waals surface area contributed by atoms with Crippen molar-refractivity contribution >= 4 is 23.8 Å². The van der Waals surface area contributed by atoms with Gasteiger partial charge in [0.25, 0.3) is 0 Å². The summed E-state index contributed by atoms with van der Waals surface area (Å²) in [6.07, 6.45) is 0. The van der Waals surface area contributed by atoms with Gasteiger partial charge in [0.1, 0.15) is 6.54 Å². The van der Waals surface area contributed by atoms with E-state index in [-0.39, 0.29) is 6.04 Å². The fourth-order valence-corrected chi connectivity index (χ4v) is 2.37. The molecule has 23 heavy (non-hydrogen) atoms. The number of nitrogens with zero attached hydrogens (tertiary/aromatic N) is 2. The van der Waals surface area contributed by atoms with Gasteiger partial charge in [-0.2, -0.15) is 0 Å². The smallest absolute Gasteiger partial charge is 0.334 e. The monoisotopic (exact) mass is 317 g/mol. The Hall–Kier alpha value is -2.70. The van der Waals surface area contributed by atoms with Gasteiger partial charge in [0.15, 0.2) is 0 Å². The molecule has 0 bridgehead atoms. The summed E-state index contributed by atoms with van der Waals surface area (Å²) in [4.78, 5) is 49.3. The number of amides is 5. The minimum absolute atomic E-state index is 0.270. The number of hydrogen-bond acceptors (Lipinski definition) is 4. The van der Waals surface area contributed by atoms with E-state index in [1.165, 1.54) is 0 Å². The van der Waals surface area contributed by atoms with Gasteiger partial charge in [0, 0.05) is 6.04 Å². The first-order valence-corrected chi connectivity index (χ1v) is 7.36. The number of rotatable bonds is 5. The lowest BCUT2D eigenvalue weighted by atomic mass is 10.1. The third-order valence-electron chi connectivity index (χ3n) is 3.58. The van der Waals surface area contributed by atoms with Crippen LogP contribution < -0.4 is 5.32 Å². The van der Waals surface area contributed by atoms with Gasteiger partial charge >= 0.3 is 17.8 Å². The molecule has 0 unspecified atom stereocenters. The van der Waals surface area contributed by atoms with Crippen LogP contribution in [0.4, 0.5) is 4.79 Å². The van der Waals surface area contributed by atoms with Crippen LogP contribution in [0, 0.1) is 0 Å². The molecule has 1 N–H and O–H groups in total. The molecule has 0 radical (unpaired) electrons. The minimum Gasteiger partial charge on any atom is -0.348 e. The summed E-state index contributed by atoms with van der Waals surface area (Å²) in [6.45, 7) is 4.59. The first-order chi connectivity index (χ1) is 10.8. The molecule has 1 fully saturated rings. The Morgan fingerprint density at radius 1 is 1.04 bits per heavy atom. The number of imide groups is 2. The summed E-state index contributed by atoms with van der Waals surface area (Å²) >= 11 is 0. The van der Waals surface area contributed by atoms with E-state index in [4.69, 9.17) is 0 Å². The van der Waals surface area contributed by atoms with Crippen LogP contribution in [0.5, 0.6) is 0 Å². The average molecular weight is 317 g/mol. The van der Waals surface area contributed by atoms with Gasteiger partial charge in [-0.3, -0.25) is 19.3 Å². The summed E-state index contributed by atoms with van der Waals surface area (Å²) in [7, 11) is 0. The number of hydrogen-bond donors (Lipinski definition) is 1. The summed E-state index contributed by atoms with van der Waals surface area (Å²) in [5.41, 5.74) is 0.903. The van der Waals surface area contributed by atoms with E-state index >= 15 is 0 Å². The Balaban J connectivity index is 2.02. The summed E-state index contributed by atoms with van der Waals surface area (Å²) in [6, 6.07) is 7.84. The summed E-state index contributed by atoms with van der Waals surface area (Å²) in [5, 5.41) is 2.71. The molecule has 122 valence electrons. The van der Waals surface area contributed by atoms with Gasteiger partial charge in [-0.25, -0.2) is 9.69 Å². The number of urea groups is 1. The van der Waals surface area contributed by atoms with Crippen LogP contribution in [-0.2, 0) is 14.4 Å². The molecule has 1 aromatic carbocycles. The van der Waals surface area contributed by atoms with Crippen LogP contribution in [0.25, 0.3) is 0 Å². The van der Waals surface area contributed by atoms with Crippen LogP contribution in [0.15, 0.2) is 30.3 Å². The van der Waals surface area contributed by atoms with E-state index in [0.29, 0.717) is 4.90 Å². The second kappa shape index (κ2) is 6.60. The molecule has 1 saturated heterocycles. The molecule has 5 amide bonds. The van der Waals surface area contributed by atoms with E-state index in [9.17, 15) is 19.2 Å². The quantitative estimate of drug-likeness (QED) is 0.650. The van der Waals surface area contributed by atoms with Crippen LogP contribution >= 0.6 is 0 Å². The van der Waals surface area contributed by atoms with E-state index in [1.54, 1.807) is 20.8 Å². The highest BCUT2D eigenvalue weighted by Gasteiger charge is 2.46. The van der Waals surface area contributed by atoms with E-state index in [0.717, 1.165) is 10.5 Å². The molecule has 2 rings (SSSR count). The van der Waals surface area contributed by atoms with Gasteiger partial charge < -0.3 is 5.32 Å². The molecule has 1 heterocycles. The fourth-order valence-electron chi connectivity index (χ4n) is 2.37. The van der Waals surface area contributed by atoms with Gasteiger partial charge in [-0.15, -0.1) is 0 Å². The number of benzene rings is 1. The lowest BCUT2D eigenvalue weighted by Crippen LogP contribution is -2.43. The van der Waals surface area contributed by atoms with Gasteiger partial charge in [0.2, 0.25) is 5.91 Å². The Kier molecular flexibility index (Phi) is 4.78. The highest BCUT2D eigenvalue weighted by atomic mass is 16.2. The third-order valence-corrected chi connectivity index (χ3v) is 3.58. The van der Waals surface area contributed by atoms with Crippen molar-refractivity contribution in [2.24, 2.45) is 0 Å². The number of carbonyl (C=O) groups excluding carboxylic acids is 4. The molecule has 0 saturated carbocycles. The SMILES string of the molecule is CC(C)N1C(=O)C(=O)N(CC(=O)N[C@@H](C)c2ccccc2)C1=O. The second-order valence-electron chi connectivity index (χ2n) is 5.64. The predicted molar refractivity (Wildman–Crippen MR) is 82.1 cm³/mol. The standard InChI is InChI=1S/C16H19N3O4/c1-10(2)19-15(22)14(21)18(16(19)23)9-13(20)17-11(3)12-7-5-4-6-8-12/h4-8,10-11H,9H2,1-3H3,(H,17,20)/t11-/m0/s1. The predicted octanol–water partition coefficient (Wildman–Crippen LogP) is 1.06. The molecular weight excluding hydrogens is 298 g/mol. The summed E-state index contributed by atoms with van der Waals surface area (Å²) in [5.74, 6) is -2.36. The maximum Gasteiger partial charge on any atom is 0.334 e. The highest BCUT2D eigenvalue weighted by Crippen LogP contribution is 2.16. The first-order valence-electron chi connectivity index (χ1n) is 7.36. The number of nitrogens with one attached hydrogen (secondary N) is 1. The molecule has 7 nitrogen and oxygen atoms in total. The van der Waals surface area contributed by atoms with Crippen LogP contribution in [0.3, 0.4) is 0 Å². The molecule has 1 aromatic rings. The summed E-state index contributed by atoms with van der Waals surface area (Å²) < 4.78 is 0. The Bertz CT molecular complexity index is 642. The Morgan fingerprint density at radius 3 is 2.17 bits per heavy atom. The van der Waals surface area contributed by atoms with Crippen molar-refractivity contribution in [1.29, 1.82) is 0 Å². The molecular formula is C16H19N3O4. The van der Waals surface area contributed by atoms with Crippen molar-refractivity contribution < 1.29 is 19.2 Å². The van der Waals surface area contributed by atoms with Crippen molar-refractivity contribution in [3.63, 3.8) is 0 Å². The van der Waals surface area contributed by atoms with E-state index in [2.05, 4.69) is 5.32 Å². The van der Waals surface area contributed by atoms with Crippen molar-refractivity contribution in [3.05, 3.63) is 35.9 Å². The van der Waals surface area contributed by atoms with Crippen molar-refractivity contribution in [1.82, 2.24) is 15.1 Å². The molecule has 7 heteroatoms. The molecule has 0 aliphatic carbocycles. The van der Waals surface area contributed by atoms with Crippen LogP contribution in [0.2, 0.25) is 0 Å². The molecule has 1 aliphatic rings. The van der Waals surface area contributed by atoms with Gasteiger partial charge in [0.05, 0.1) is 6.04 Å². The first kappa shape index (κ1) is 16.7. The van der Waals surface area contributed by atoms with Crippen LogP contribution in [0.1, 0.15) is 32.4 Å².